The van der Waals surface area contributed by atoms with Gasteiger partial charge in [-0.05, 0) is 36.2 Å². The molecule has 0 saturated heterocycles. The van der Waals surface area contributed by atoms with E-state index in [9.17, 15) is 14.7 Å². The molecule has 0 aromatic heterocycles. The molecule has 23 heavy (non-hydrogen) atoms. The van der Waals surface area contributed by atoms with E-state index in [1.807, 2.05) is 6.92 Å². The van der Waals surface area contributed by atoms with Gasteiger partial charge in [0.2, 0.25) is 0 Å². The van der Waals surface area contributed by atoms with Crippen molar-refractivity contribution < 1.29 is 14.7 Å². The fourth-order valence-electron chi connectivity index (χ4n) is 2.56. The van der Waals surface area contributed by atoms with E-state index >= 15 is 0 Å². The maximum atomic E-state index is 12.3. The van der Waals surface area contributed by atoms with Gasteiger partial charge in [-0.2, -0.15) is 0 Å². The fourth-order valence-corrected chi connectivity index (χ4v) is 2.56. The number of anilines is 1. The number of hydrogen-bond donors (Lipinski definition) is 3. The summed E-state index contributed by atoms with van der Waals surface area (Å²) in [7, 11) is 0. The Hall–Kier alpha value is -2.82. The Labute approximate surface area is 135 Å². The minimum atomic E-state index is -1.06. The van der Waals surface area contributed by atoms with Crippen LogP contribution in [-0.2, 0) is 4.79 Å². The molecule has 0 spiro atoms. The number of hydrogen-bond acceptors (Lipinski definition) is 3. The third-order valence-electron chi connectivity index (χ3n) is 3.80. The van der Waals surface area contributed by atoms with Gasteiger partial charge in [0.15, 0.2) is 0 Å². The van der Waals surface area contributed by atoms with Gasteiger partial charge in [-0.25, -0.2) is 4.79 Å². The fraction of sp³-hybridized carbons (Fsp3) is 0.222. The summed E-state index contributed by atoms with van der Waals surface area (Å²) in [5, 5.41) is 12.2. The van der Waals surface area contributed by atoms with Gasteiger partial charge in [-0.15, -0.1) is 0 Å². The molecular formula is C18H20N2O3. The quantitative estimate of drug-likeness (QED) is 0.715. The largest absolute Gasteiger partial charge is 0.480 e. The smallest absolute Gasteiger partial charge is 0.326 e. The highest BCUT2D eigenvalue weighted by molar-refractivity contribution is 5.96. The summed E-state index contributed by atoms with van der Waals surface area (Å²) in [6.07, 6.45) is 0.579. The minimum Gasteiger partial charge on any atom is -0.480 e. The number of carboxylic acids is 1. The molecule has 0 aliphatic rings. The average molecular weight is 312 g/mol. The van der Waals surface area contributed by atoms with Gasteiger partial charge in [0, 0.05) is 17.2 Å². The topological polar surface area (TPSA) is 92.4 Å². The van der Waals surface area contributed by atoms with E-state index in [-0.39, 0.29) is 5.92 Å². The van der Waals surface area contributed by atoms with Gasteiger partial charge >= 0.3 is 5.97 Å². The summed E-state index contributed by atoms with van der Waals surface area (Å²) >= 11 is 0. The molecular weight excluding hydrogens is 292 g/mol. The van der Waals surface area contributed by atoms with Gasteiger partial charge in [0.1, 0.15) is 6.04 Å². The third kappa shape index (κ3) is 4.10. The van der Waals surface area contributed by atoms with E-state index in [2.05, 4.69) is 5.32 Å². The lowest BCUT2D eigenvalue weighted by molar-refractivity contribution is -0.139. The highest BCUT2D eigenvalue weighted by Gasteiger charge is 2.30. The average Bonchev–Trinajstić information content (AvgIpc) is 2.56. The van der Waals surface area contributed by atoms with Crippen LogP contribution in [0.1, 0.15) is 35.2 Å². The van der Waals surface area contributed by atoms with Crippen LogP contribution in [0, 0.1) is 0 Å². The van der Waals surface area contributed by atoms with Crippen molar-refractivity contribution in [2.75, 3.05) is 5.73 Å². The summed E-state index contributed by atoms with van der Waals surface area (Å²) < 4.78 is 0. The van der Waals surface area contributed by atoms with Crippen LogP contribution in [-0.4, -0.2) is 23.0 Å². The van der Waals surface area contributed by atoms with Gasteiger partial charge in [0.05, 0.1) is 0 Å². The Bertz CT molecular complexity index is 668. The molecule has 2 aromatic rings. The van der Waals surface area contributed by atoms with Crippen LogP contribution in [0.3, 0.4) is 0 Å². The van der Waals surface area contributed by atoms with Crippen LogP contribution in [0.5, 0.6) is 0 Å². The second-order valence-electron chi connectivity index (χ2n) is 5.34. The van der Waals surface area contributed by atoms with Crippen molar-refractivity contribution in [3.8, 4) is 0 Å². The van der Waals surface area contributed by atoms with E-state index < -0.39 is 17.9 Å². The molecule has 2 rings (SSSR count). The first kappa shape index (κ1) is 16.5. The molecule has 120 valence electrons. The predicted octanol–water partition coefficient (Wildman–Crippen LogP) is 2.65. The molecule has 0 heterocycles. The Morgan fingerprint density at radius 2 is 1.70 bits per heavy atom. The van der Waals surface area contributed by atoms with E-state index in [0.29, 0.717) is 17.7 Å². The zero-order chi connectivity index (χ0) is 16.8. The molecule has 2 unspecified atom stereocenters. The van der Waals surface area contributed by atoms with Crippen molar-refractivity contribution in [1.29, 1.82) is 0 Å². The third-order valence-corrected chi connectivity index (χ3v) is 3.80. The second kappa shape index (κ2) is 7.45. The monoisotopic (exact) mass is 312 g/mol. The number of aliphatic carboxylic acids is 1. The molecule has 0 saturated carbocycles. The number of nitrogens with two attached hydrogens (primary N) is 1. The SMILES string of the molecule is CCC(c1ccc(N)cc1)C(NC(=O)c1ccccc1)C(=O)O. The molecule has 0 aliphatic carbocycles. The Balaban J connectivity index is 2.24. The number of amides is 1. The lowest BCUT2D eigenvalue weighted by Crippen LogP contribution is -2.44. The van der Waals surface area contributed by atoms with Crippen molar-refractivity contribution in [3.63, 3.8) is 0 Å². The van der Waals surface area contributed by atoms with Crippen LogP contribution in [0.4, 0.5) is 5.69 Å². The van der Waals surface area contributed by atoms with Gasteiger partial charge in [-0.1, -0.05) is 37.3 Å². The zero-order valence-electron chi connectivity index (χ0n) is 12.9. The van der Waals surface area contributed by atoms with E-state index in [1.165, 1.54) is 0 Å². The molecule has 0 radical (unpaired) electrons. The lowest BCUT2D eigenvalue weighted by Gasteiger charge is -2.24. The second-order valence-corrected chi connectivity index (χ2v) is 5.34. The lowest BCUT2D eigenvalue weighted by atomic mass is 9.88. The molecule has 2 aromatic carbocycles. The molecule has 5 nitrogen and oxygen atoms in total. The molecule has 1 amide bonds. The number of nitrogen functional groups attached to an aromatic ring is 1. The maximum Gasteiger partial charge on any atom is 0.326 e. The van der Waals surface area contributed by atoms with Crippen LogP contribution in [0.25, 0.3) is 0 Å². The van der Waals surface area contributed by atoms with Gasteiger partial charge < -0.3 is 16.2 Å². The van der Waals surface area contributed by atoms with Gasteiger partial charge in [0.25, 0.3) is 5.91 Å². The Kier molecular flexibility index (Phi) is 5.36. The molecule has 4 N–H and O–H groups in total. The first-order chi connectivity index (χ1) is 11.0. The number of benzene rings is 2. The molecule has 0 fully saturated rings. The van der Waals surface area contributed by atoms with E-state index in [1.54, 1.807) is 54.6 Å². The summed E-state index contributed by atoms with van der Waals surface area (Å²) in [4.78, 5) is 23.9. The normalized spacial score (nSPS) is 13.1. The van der Waals surface area contributed by atoms with Crippen LogP contribution >= 0.6 is 0 Å². The van der Waals surface area contributed by atoms with Crippen molar-refractivity contribution in [2.24, 2.45) is 0 Å². The summed E-state index contributed by atoms with van der Waals surface area (Å²) in [5.74, 6) is -1.79. The molecule has 0 aliphatic heterocycles. The Morgan fingerprint density at radius 3 is 2.22 bits per heavy atom. The van der Waals surface area contributed by atoms with E-state index in [4.69, 9.17) is 5.73 Å². The van der Waals surface area contributed by atoms with E-state index in [0.717, 1.165) is 5.56 Å². The number of rotatable bonds is 6. The summed E-state index contributed by atoms with van der Waals surface area (Å²) in [6.45, 7) is 1.89. The summed E-state index contributed by atoms with van der Waals surface area (Å²) in [6, 6.07) is 14.6. The minimum absolute atomic E-state index is 0.333. The van der Waals surface area contributed by atoms with Crippen molar-refractivity contribution >= 4 is 17.6 Å². The van der Waals surface area contributed by atoms with Crippen molar-refractivity contribution in [3.05, 3.63) is 65.7 Å². The molecule has 2 atom stereocenters. The molecule has 0 bridgehead atoms. The standard InChI is InChI=1S/C18H20N2O3/c1-2-15(12-8-10-14(19)11-9-12)16(18(22)23)20-17(21)13-6-4-3-5-7-13/h3-11,15-16H,2,19H2,1H3,(H,20,21)(H,22,23). The number of carbonyl (C=O) groups excluding carboxylic acids is 1. The highest BCUT2D eigenvalue weighted by Crippen LogP contribution is 2.25. The maximum absolute atomic E-state index is 12.3. The van der Waals surface area contributed by atoms with Crippen LogP contribution < -0.4 is 11.1 Å². The van der Waals surface area contributed by atoms with Crippen LogP contribution in [0.2, 0.25) is 0 Å². The van der Waals surface area contributed by atoms with Gasteiger partial charge in [-0.3, -0.25) is 4.79 Å². The number of nitrogens with one attached hydrogen (secondary N) is 1. The Morgan fingerprint density at radius 1 is 1.09 bits per heavy atom. The van der Waals surface area contributed by atoms with Crippen LogP contribution in [0.15, 0.2) is 54.6 Å². The van der Waals surface area contributed by atoms with Crippen molar-refractivity contribution in [2.45, 2.75) is 25.3 Å². The number of carbonyl (C=O) groups is 2. The predicted molar refractivity (Wildman–Crippen MR) is 89.2 cm³/mol. The van der Waals surface area contributed by atoms with Crippen molar-refractivity contribution in [1.82, 2.24) is 5.32 Å². The number of carboxylic acid groups (broad SMARTS) is 1. The first-order valence-electron chi connectivity index (χ1n) is 7.47. The molecule has 5 heteroatoms. The zero-order valence-corrected chi connectivity index (χ0v) is 12.9. The first-order valence-corrected chi connectivity index (χ1v) is 7.47. The summed E-state index contributed by atoms with van der Waals surface area (Å²) in [5.41, 5.74) is 7.56. The highest BCUT2D eigenvalue weighted by atomic mass is 16.4.